The van der Waals surface area contributed by atoms with Gasteiger partial charge in [0.1, 0.15) is 11.8 Å². The molecule has 0 fully saturated rings. The van der Waals surface area contributed by atoms with Gasteiger partial charge in [-0.3, -0.25) is 0 Å². The fourth-order valence-corrected chi connectivity index (χ4v) is 0.542. The molecule has 10 nitrogen and oxygen atoms in total. The lowest BCUT2D eigenvalue weighted by atomic mass is 10.2. The topological polar surface area (TPSA) is 194 Å². The Hall–Kier alpha value is -2.20. The van der Waals surface area contributed by atoms with Crippen molar-refractivity contribution in [1.82, 2.24) is 0 Å². The van der Waals surface area contributed by atoms with Crippen molar-refractivity contribution in [3.63, 3.8) is 0 Å². The van der Waals surface area contributed by atoms with Gasteiger partial charge in [0.2, 0.25) is 11.9 Å². The summed E-state index contributed by atoms with van der Waals surface area (Å²) in [4.78, 5) is 0. The molecule has 0 bridgehead atoms. The van der Waals surface area contributed by atoms with Gasteiger partial charge in [-0.2, -0.15) is 5.10 Å². The van der Waals surface area contributed by atoms with Crippen LogP contribution in [0.5, 0.6) is 0 Å². The summed E-state index contributed by atoms with van der Waals surface area (Å²) in [6.45, 7) is -0.577. The van der Waals surface area contributed by atoms with Crippen molar-refractivity contribution in [3.05, 3.63) is 0 Å². The van der Waals surface area contributed by atoms with Crippen molar-refractivity contribution in [3.8, 4) is 0 Å². The van der Waals surface area contributed by atoms with Crippen LogP contribution in [-0.2, 0) is 0 Å². The maximum atomic E-state index is 9.26. The molecular weight excluding hydrogens is 216 g/mol. The maximum Gasteiger partial charge on any atom is 0.211 e. The molecule has 0 radical (unpaired) electrons. The molecular formula is C6H14N8O2. The van der Waals surface area contributed by atoms with E-state index in [-0.39, 0.29) is 17.6 Å². The van der Waals surface area contributed by atoms with Gasteiger partial charge in [0, 0.05) is 0 Å². The summed E-state index contributed by atoms with van der Waals surface area (Å²) in [5.41, 5.74) is 20.0. The van der Waals surface area contributed by atoms with Crippen LogP contribution in [0.1, 0.15) is 0 Å². The summed E-state index contributed by atoms with van der Waals surface area (Å²) in [5, 5.41) is 31.3. The van der Waals surface area contributed by atoms with Crippen molar-refractivity contribution >= 4 is 23.8 Å². The summed E-state index contributed by atoms with van der Waals surface area (Å²) < 4.78 is 0. The van der Waals surface area contributed by atoms with E-state index in [2.05, 4.69) is 20.4 Å². The van der Waals surface area contributed by atoms with E-state index in [0.717, 1.165) is 6.21 Å². The summed E-state index contributed by atoms with van der Waals surface area (Å²) in [6, 6.07) is 0. The molecule has 1 atom stereocenters. The largest absolute Gasteiger partial charge is 0.393 e. The molecule has 0 saturated carbocycles. The fourth-order valence-electron chi connectivity index (χ4n) is 0.542. The van der Waals surface area contributed by atoms with Gasteiger partial charge in [-0.25, -0.2) is 0 Å². The number of hydrogen-bond donors (Lipinski definition) is 6. The van der Waals surface area contributed by atoms with Crippen LogP contribution < -0.4 is 22.9 Å². The Kier molecular flexibility index (Phi) is 6.16. The van der Waals surface area contributed by atoms with Gasteiger partial charge in [0.15, 0.2) is 0 Å². The smallest absolute Gasteiger partial charge is 0.211 e. The van der Waals surface area contributed by atoms with Gasteiger partial charge in [0.25, 0.3) is 0 Å². The van der Waals surface area contributed by atoms with E-state index in [0.29, 0.717) is 0 Å². The average molecular weight is 230 g/mol. The van der Waals surface area contributed by atoms with E-state index in [1.54, 1.807) is 0 Å². The predicted octanol–water partition coefficient (Wildman–Crippen LogP) is -3.77. The molecule has 0 heterocycles. The first-order chi connectivity index (χ1) is 7.47. The van der Waals surface area contributed by atoms with Crippen LogP contribution in [0, 0.1) is 0 Å². The van der Waals surface area contributed by atoms with Crippen molar-refractivity contribution in [2.24, 2.45) is 43.3 Å². The van der Waals surface area contributed by atoms with Crippen LogP contribution in [-0.4, -0.2) is 46.8 Å². The van der Waals surface area contributed by atoms with Crippen LogP contribution in [0.3, 0.4) is 0 Å². The van der Waals surface area contributed by atoms with E-state index < -0.39 is 12.7 Å². The Morgan fingerprint density at radius 2 is 1.62 bits per heavy atom. The van der Waals surface area contributed by atoms with Gasteiger partial charge in [-0.1, -0.05) is 0 Å². The molecule has 0 aliphatic heterocycles. The molecule has 0 spiro atoms. The fraction of sp³-hybridized carbons (Fsp3) is 0.333. The Balaban J connectivity index is 4.82. The molecule has 10 heteroatoms. The standard InChI is InChI=1S/C6H14N8O2/c7-5(8)13-11-1-3(4(16)2-15)12-14-6(9)10/h1,4,15-16H,2H2,(H4,7,8,13)(H4,9,10,14). The molecule has 90 valence electrons. The number of hydrogen-bond acceptors (Lipinski definition) is 6. The Labute approximate surface area is 91.0 Å². The molecule has 16 heavy (non-hydrogen) atoms. The molecule has 0 amide bonds. The van der Waals surface area contributed by atoms with Crippen molar-refractivity contribution in [2.75, 3.05) is 6.61 Å². The van der Waals surface area contributed by atoms with Crippen LogP contribution in [0.4, 0.5) is 0 Å². The minimum absolute atomic E-state index is 0.0964. The number of nitrogens with zero attached hydrogens (tertiary/aromatic N) is 4. The van der Waals surface area contributed by atoms with Crippen LogP contribution in [0.2, 0.25) is 0 Å². The highest BCUT2D eigenvalue weighted by atomic mass is 16.3. The van der Waals surface area contributed by atoms with Crippen molar-refractivity contribution < 1.29 is 10.2 Å². The SMILES string of the molecule is NC(N)=NN=CC(=NN=C(N)N)C(O)CO. The highest BCUT2D eigenvalue weighted by Gasteiger charge is 2.09. The second-order valence-electron chi connectivity index (χ2n) is 2.52. The van der Waals surface area contributed by atoms with Gasteiger partial charge in [-0.15, -0.1) is 15.3 Å². The third-order valence-electron chi connectivity index (χ3n) is 1.16. The summed E-state index contributed by atoms with van der Waals surface area (Å²) in [6.07, 6.45) is -0.284. The van der Waals surface area contributed by atoms with Gasteiger partial charge >= 0.3 is 0 Å². The first-order valence-corrected chi connectivity index (χ1v) is 4.04. The zero-order valence-corrected chi connectivity index (χ0v) is 8.35. The third-order valence-corrected chi connectivity index (χ3v) is 1.16. The number of rotatable bonds is 5. The Morgan fingerprint density at radius 1 is 1.06 bits per heavy atom. The van der Waals surface area contributed by atoms with E-state index >= 15 is 0 Å². The monoisotopic (exact) mass is 230 g/mol. The maximum absolute atomic E-state index is 9.26. The summed E-state index contributed by atoms with van der Waals surface area (Å²) in [5.74, 6) is -0.575. The highest BCUT2D eigenvalue weighted by Crippen LogP contribution is 1.88. The number of nitrogens with two attached hydrogens (primary N) is 4. The Bertz CT molecular complexity index is 325. The molecule has 0 saturated heterocycles. The lowest BCUT2D eigenvalue weighted by Crippen LogP contribution is -2.27. The number of aliphatic hydroxyl groups excluding tert-OH is 2. The summed E-state index contributed by atoms with van der Waals surface area (Å²) >= 11 is 0. The van der Waals surface area contributed by atoms with E-state index in [1.807, 2.05) is 0 Å². The van der Waals surface area contributed by atoms with Crippen LogP contribution in [0.15, 0.2) is 20.4 Å². The van der Waals surface area contributed by atoms with Crippen molar-refractivity contribution in [2.45, 2.75) is 6.10 Å². The molecule has 0 aromatic carbocycles. The highest BCUT2D eigenvalue weighted by molar-refractivity contribution is 6.32. The lowest BCUT2D eigenvalue weighted by Gasteiger charge is -2.03. The average Bonchev–Trinajstić information content (AvgIpc) is 2.21. The van der Waals surface area contributed by atoms with E-state index in [1.165, 1.54) is 0 Å². The molecule has 0 aromatic rings. The molecule has 10 N–H and O–H groups in total. The minimum Gasteiger partial charge on any atom is -0.393 e. The second kappa shape index (κ2) is 7.14. The first kappa shape index (κ1) is 13.8. The van der Waals surface area contributed by atoms with Gasteiger partial charge in [0.05, 0.1) is 12.8 Å². The quantitative estimate of drug-likeness (QED) is 0.159. The lowest BCUT2D eigenvalue weighted by molar-refractivity contribution is 0.146. The summed E-state index contributed by atoms with van der Waals surface area (Å²) in [7, 11) is 0. The Morgan fingerprint density at radius 3 is 2.06 bits per heavy atom. The zero-order valence-electron chi connectivity index (χ0n) is 8.35. The predicted molar refractivity (Wildman–Crippen MR) is 60.6 cm³/mol. The van der Waals surface area contributed by atoms with E-state index in [4.69, 9.17) is 28.0 Å². The van der Waals surface area contributed by atoms with Crippen LogP contribution in [0.25, 0.3) is 0 Å². The second-order valence-corrected chi connectivity index (χ2v) is 2.52. The van der Waals surface area contributed by atoms with Gasteiger partial charge in [-0.05, 0) is 0 Å². The number of aliphatic hydroxyl groups is 2. The molecule has 0 rings (SSSR count). The molecule has 0 aromatic heterocycles. The normalized spacial score (nSPS) is 13.5. The minimum atomic E-state index is -1.29. The van der Waals surface area contributed by atoms with Crippen molar-refractivity contribution in [1.29, 1.82) is 0 Å². The molecule has 1 unspecified atom stereocenters. The third kappa shape index (κ3) is 6.28. The zero-order chi connectivity index (χ0) is 12.6. The van der Waals surface area contributed by atoms with Crippen LogP contribution >= 0.6 is 0 Å². The number of guanidine groups is 2. The van der Waals surface area contributed by atoms with E-state index in [9.17, 15) is 5.11 Å². The van der Waals surface area contributed by atoms with Gasteiger partial charge < -0.3 is 33.1 Å². The molecule has 0 aliphatic rings. The first-order valence-electron chi connectivity index (χ1n) is 4.04. The molecule has 0 aliphatic carbocycles.